The van der Waals surface area contributed by atoms with Crippen LogP contribution in [0.4, 0.5) is 9.59 Å². The SMILES string of the molecule is COC(=O)NC(C(=O)N1CCCC1c1ncc(-c2ccc3oc4cc(-c5cnc(C6CCCN6C(=O)C(NC(=O)OC)C6CCOCC6)[nH]5)ccc4c(=O)c3c2)[nH]1)C(C)C. The van der Waals surface area contributed by atoms with E-state index < -0.39 is 24.3 Å². The molecule has 0 aliphatic carbocycles. The van der Waals surface area contributed by atoms with Crippen molar-refractivity contribution in [2.75, 3.05) is 40.5 Å². The van der Waals surface area contributed by atoms with Crippen LogP contribution in [-0.2, 0) is 23.8 Å². The third kappa shape index (κ3) is 7.92. The van der Waals surface area contributed by atoms with Gasteiger partial charge in [-0.15, -0.1) is 0 Å². The largest absolute Gasteiger partial charge is 0.456 e. The maximum absolute atomic E-state index is 14.0. The number of rotatable bonds is 10. The summed E-state index contributed by atoms with van der Waals surface area (Å²) in [6, 6.07) is 8.71. The van der Waals surface area contributed by atoms with Crippen molar-refractivity contribution in [1.29, 1.82) is 0 Å². The Labute approximate surface area is 345 Å². The fraction of sp³-hybridized carbons (Fsp3) is 0.465. The Morgan fingerprint density at radius 1 is 0.750 bits per heavy atom. The maximum atomic E-state index is 14.0. The van der Waals surface area contributed by atoms with Gasteiger partial charge in [0.1, 0.15) is 34.9 Å². The molecule has 0 spiro atoms. The topological polar surface area (TPSA) is 214 Å². The molecule has 2 aromatic carbocycles. The van der Waals surface area contributed by atoms with E-state index in [0.717, 1.165) is 24.0 Å². The van der Waals surface area contributed by atoms with E-state index in [1.54, 1.807) is 46.5 Å². The lowest BCUT2D eigenvalue weighted by molar-refractivity contribution is -0.137. The molecule has 6 heterocycles. The van der Waals surface area contributed by atoms with E-state index in [9.17, 15) is 24.0 Å². The van der Waals surface area contributed by atoms with Crippen LogP contribution in [0.25, 0.3) is 44.5 Å². The number of amides is 4. The Kier molecular flexibility index (Phi) is 11.6. The number of hydrogen-bond acceptors (Lipinski definition) is 11. The highest BCUT2D eigenvalue weighted by Crippen LogP contribution is 2.36. The van der Waals surface area contributed by atoms with Gasteiger partial charge < -0.3 is 49.0 Å². The molecule has 0 saturated carbocycles. The van der Waals surface area contributed by atoms with Gasteiger partial charge >= 0.3 is 12.2 Å². The second-order valence-electron chi connectivity index (χ2n) is 16.0. The number of imidazole rings is 2. The lowest BCUT2D eigenvalue weighted by Crippen LogP contribution is -2.53. The molecule has 17 nitrogen and oxygen atoms in total. The Morgan fingerprint density at radius 3 is 1.95 bits per heavy atom. The molecule has 5 aromatic rings. The Morgan fingerprint density at radius 2 is 1.33 bits per heavy atom. The number of hydrogen-bond donors (Lipinski definition) is 4. The molecule has 0 radical (unpaired) electrons. The molecule has 4 atom stereocenters. The van der Waals surface area contributed by atoms with Crippen molar-refractivity contribution in [3.8, 4) is 22.5 Å². The summed E-state index contributed by atoms with van der Waals surface area (Å²) >= 11 is 0. The molecule has 3 fully saturated rings. The van der Waals surface area contributed by atoms with Crippen LogP contribution in [0.1, 0.15) is 76.1 Å². The minimum absolute atomic E-state index is 0.0681. The van der Waals surface area contributed by atoms with Crippen molar-refractivity contribution in [1.82, 2.24) is 40.4 Å². The van der Waals surface area contributed by atoms with Gasteiger partial charge in [0, 0.05) is 37.4 Å². The number of ether oxygens (including phenoxy) is 3. The molecule has 4 amide bonds. The van der Waals surface area contributed by atoms with Gasteiger partial charge in [0.2, 0.25) is 17.2 Å². The van der Waals surface area contributed by atoms with Crippen LogP contribution in [0.2, 0.25) is 0 Å². The first kappa shape index (κ1) is 40.5. The molecule has 3 aliphatic heterocycles. The van der Waals surface area contributed by atoms with Gasteiger partial charge in [-0.05, 0) is 80.7 Å². The van der Waals surface area contributed by atoms with Crippen LogP contribution in [0.15, 0.2) is 58.0 Å². The normalized spacial score (nSPS) is 19.5. The third-order valence-electron chi connectivity index (χ3n) is 12.0. The van der Waals surface area contributed by atoms with Gasteiger partial charge in [0.25, 0.3) is 0 Å². The van der Waals surface area contributed by atoms with Crippen molar-refractivity contribution in [2.24, 2.45) is 11.8 Å². The van der Waals surface area contributed by atoms with Crippen LogP contribution in [0.3, 0.4) is 0 Å². The van der Waals surface area contributed by atoms with Crippen molar-refractivity contribution in [3.05, 3.63) is 70.7 Å². The smallest absolute Gasteiger partial charge is 0.407 e. The number of alkyl carbamates (subject to hydrolysis) is 2. The van der Waals surface area contributed by atoms with E-state index >= 15 is 0 Å². The number of methoxy groups -OCH3 is 2. The van der Waals surface area contributed by atoms with E-state index in [1.807, 2.05) is 26.0 Å². The van der Waals surface area contributed by atoms with Crippen molar-refractivity contribution in [3.63, 3.8) is 0 Å². The first-order valence-electron chi connectivity index (χ1n) is 20.5. The number of benzene rings is 2. The number of nitrogens with zero attached hydrogens (tertiary/aromatic N) is 4. The summed E-state index contributed by atoms with van der Waals surface area (Å²) in [5.74, 6) is 0.682. The van der Waals surface area contributed by atoms with Crippen LogP contribution >= 0.6 is 0 Å². The van der Waals surface area contributed by atoms with Crippen molar-refractivity contribution in [2.45, 2.75) is 76.5 Å². The standard InChI is InChI=1S/C43H50N8O9/c1-23(2)35(48-42(55)57-3)40(53)50-15-5-7-31(50)38-44-21-29(46-38)25-10-12-33-28(19-25)37(52)27-11-9-26(20-34(27)60-33)30-22-45-39(47-30)32-8-6-16-51(32)41(54)36(49-43(56)58-4)24-13-17-59-18-14-24/h9-12,19-24,31-32,35-36H,5-8,13-18H2,1-4H3,(H,44,46)(H,45,47)(H,48,55)(H,49,56). The minimum Gasteiger partial charge on any atom is -0.456 e. The van der Waals surface area contributed by atoms with Crippen LogP contribution < -0.4 is 16.1 Å². The van der Waals surface area contributed by atoms with E-state index in [0.29, 0.717) is 97.0 Å². The second-order valence-corrected chi connectivity index (χ2v) is 16.0. The third-order valence-corrected chi connectivity index (χ3v) is 12.0. The Hall–Kier alpha value is -6.23. The van der Waals surface area contributed by atoms with E-state index in [2.05, 4.69) is 30.6 Å². The predicted octanol–water partition coefficient (Wildman–Crippen LogP) is 5.59. The summed E-state index contributed by atoms with van der Waals surface area (Å²) in [4.78, 5) is 85.5. The highest BCUT2D eigenvalue weighted by atomic mass is 16.5. The number of carbonyl (C=O) groups excluding carboxylic acids is 4. The van der Waals surface area contributed by atoms with Crippen LogP contribution in [0.5, 0.6) is 0 Å². The first-order valence-corrected chi connectivity index (χ1v) is 20.5. The fourth-order valence-corrected chi connectivity index (χ4v) is 8.80. The average Bonchev–Trinajstić information content (AvgIpc) is 4.11. The lowest BCUT2D eigenvalue weighted by atomic mass is 9.90. The van der Waals surface area contributed by atoms with Crippen LogP contribution in [-0.4, -0.2) is 106 Å². The van der Waals surface area contributed by atoms with Crippen molar-refractivity contribution < 1.29 is 37.8 Å². The van der Waals surface area contributed by atoms with E-state index in [1.165, 1.54) is 14.2 Å². The summed E-state index contributed by atoms with van der Waals surface area (Å²) < 4.78 is 21.4. The number of carbonyl (C=O) groups is 4. The number of fused-ring (bicyclic) bond motifs is 2. The van der Waals surface area contributed by atoms with E-state index in [-0.39, 0.29) is 41.2 Å². The molecule has 8 rings (SSSR count). The monoisotopic (exact) mass is 822 g/mol. The number of aromatic amines is 2. The molecule has 3 aliphatic rings. The summed E-state index contributed by atoms with van der Waals surface area (Å²) in [7, 11) is 2.55. The Bertz CT molecular complexity index is 2470. The molecule has 0 bridgehead atoms. The maximum Gasteiger partial charge on any atom is 0.407 e. The molecule has 3 saturated heterocycles. The molecular formula is C43H50N8O9. The molecule has 4 unspecified atom stereocenters. The summed E-state index contributed by atoms with van der Waals surface area (Å²) in [6.45, 7) is 5.88. The highest BCUT2D eigenvalue weighted by molar-refractivity contribution is 5.93. The van der Waals surface area contributed by atoms with Crippen molar-refractivity contribution >= 4 is 45.9 Å². The number of H-pyrrole nitrogens is 2. The van der Waals surface area contributed by atoms with Gasteiger partial charge in [-0.3, -0.25) is 14.4 Å². The molecule has 4 N–H and O–H groups in total. The van der Waals surface area contributed by atoms with E-state index in [4.69, 9.17) is 18.6 Å². The van der Waals surface area contributed by atoms with Gasteiger partial charge in [-0.2, -0.15) is 0 Å². The lowest BCUT2D eigenvalue weighted by Gasteiger charge is -2.34. The quantitative estimate of drug-likeness (QED) is 0.128. The highest BCUT2D eigenvalue weighted by Gasteiger charge is 2.41. The summed E-state index contributed by atoms with van der Waals surface area (Å²) in [6.07, 6.45) is 6.43. The zero-order valence-electron chi connectivity index (χ0n) is 34.1. The van der Waals surface area contributed by atoms with Crippen LogP contribution in [0, 0.1) is 11.8 Å². The predicted molar refractivity (Wildman–Crippen MR) is 220 cm³/mol. The molecule has 316 valence electrons. The number of aromatic nitrogens is 4. The fourth-order valence-electron chi connectivity index (χ4n) is 8.80. The van der Waals surface area contributed by atoms with Gasteiger partial charge in [-0.1, -0.05) is 19.9 Å². The zero-order chi connectivity index (χ0) is 42.1. The first-order chi connectivity index (χ1) is 29.0. The molecule has 60 heavy (non-hydrogen) atoms. The zero-order valence-corrected chi connectivity index (χ0v) is 34.1. The minimum atomic E-state index is -0.741. The molecule has 3 aromatic heterocycles. The average molecular weight is 823 g/mol. The summed E-state index contributed by atoms with van der Waals surface area (Å²) in [5, 5.41) is 6.28. The number of nitrogens with one attached hydrogen (secondary N) is 4. The van der Waals surface area contributed by atoms with Gasteiger partial charge in [0.05, 0.1) is 60.9 Å². The Balaban J connectivity index is 1.01. The van der Waals surface area contributed by atoms with Gasteiger partial charge in [-0.25, -0.2) is 19.6 Å². The summed E-state index contributed by atoms with van der Waals surface area (Å²) in [5.41, 5.74) is 3.53. The molecule has 17 heteroatoms. The number of likely N-dealkylation sites (tertiary alicyclic amines) is 2. The molecular weight excluding hydrogens is 773 g/mol. The second kappa shape index (κ2) is 17.2. The van der Waals surface area contributed by atoms with Gasteiger partial charge in [0.15, 0.2) is 0 Å².